The summed E-state index contributed by atoms with van der Waals surface area (Å²) < 4.78 is 26.9. The summed E-state index contributed by atoms with van der Waals surface area (Å²) in [4.78, 5) is 0. The maximum Gasteiger partial charge on any atom is 0.214 e. The molecule has 6 heteroatoms. The highest BCUT2D eigenvalue weighted by molar-refractivity contribution is 7.89. The van der Waals surface area contributed by atoms with E-state index in [9.17, 15) is 8.42 Å². The third-order valence-corrected chi connectivity index (χ3v) is 6.02. The molecule has 0 spiro atoms. The number of sulfonamides is 1. The molecule has 1 aliphatic heterocycles. The Labute approximate surface area is 132 Å². The number of benzene rings is 1. The van der Waals surface area contributed by atoms with Crippen LogP contribution < -0.4 is 5.32 Å². The lowest BCUT2D eigenvalue weighted by atomic mass is 10.1. The summed E-state index contributed by atoms with van der Waals surface area (Å²) in [5, 5.41) is 3.88. The topological polar surface area (TPSA) is 49.4 Å². The Balaban J connectivity index is 2.25. The highest BCUT2D eigenvalue weighted by Crippen LogP contribution is 2.30. The van der Waals surface area contributed by atoms with Crippen molar-refractivity contribution in [2.24, 2.45) is 5.92 Å². The fraction of sp³-hybridized carbons (Fsp3) is 0.600. The van der Waals surface area contributed by atoms with Gasteiger partial charge >= 0.3 is 0 Å². The number of hydrogen-bond donors (Lipinski definition) is 1. The predicted octanol–water partition coefficient (Wildman–Crippen LogP) is 2.66. The first-order valence-electron chi connectivity index (χ1n) is 7.36. The van der Waals surface area contributed by atoms with Crippen molar-refractivity contribution in [3.05, 3.63) is 34.9 Å². The molecule has 0 amide bonds. The average Bonchev–Trinajstić information content (AvgIpc) is 2.46. The number of hydrogen-bond acceptors (Lipinski definition) is 3. The van der Waals surface area contributed by atoms with Crippen molar-refractivity contribution in [2.75, 3.05) is 25.4 Å². The van der Waals surface area contributed by atoms with Gasteiger partial charge in [0.15, 0.2) is 0 Å². The molecule has 118 valence electrons. The second kappa shape index (κ2) is 7.09. The van der Waals surface area contributed by atoms with Crippen LogP contribution in [0.2, 0.25) is 5.02 Å². The Hall–Kier alpha value is -0.620. The van der Waals surface area contributed by atoms with Crippen LogP contribution in [0.3, 0.4) is 0 Å². The summed E-state index contributed by atoms with van der Waals surface area (Å²) in [6, 6.07) is 7.26. The SMILES string of the molecule is CC(C)CCS(=O)(=O)N1CCNCC1c1ccccc1Cl. The Kier molecular flexibility index (Phi) is 5.66. The van der Waals surface area contributed by atoms with Gasteiger partial charge in [-0.25, -0.2) is 8.42 Å². The van der Waals surface area contributed by atoms with Crippen LogP contribution in [0.1, 0.15) is 31.9 Å². The van der Waals surface area contributed by atoms with Gasteiger partial charge in [-0.1, -0.05) is 43.6 Å². The molecule has 1 saturated heterocycles. The maximum atomic E-state index is 12.6. The van der Waals surface area contributed by atoms with Crippen LogP contribution in [-0.4, -0.2) is 38.1 Å². The van der Waals surface area contributed by atoms with Gasteiger partial charge in [-0.05, 0) is 24.0 Å². The van der Waals surface area contributed by atoms with E-state index in [0.717, 1.165) is 5.56 Å². The smallest absolute Gasteiger partial charge is 0.214 e. The van der Waals surface area contributed by atoms with Crippen molar-refractivity contribution in [3.8, 4) is 0 Å². The van der Waals surface area contributed by atoms with Gasteiger partial charge in [0.2, 0.25) is 10.0 Å². The van der Waals surface area contributed by atoms with E-state index in [1.807, 2.05) is 38.1 Å². The second-order valence-electron chi connectivity index (χ2n) is 5.85. The van der Waals surface area contributed by atoms with Gasteiger partial charge in [-0.15, -0.1) is 0 Å². The van der Waals surface area contributed by atoms with E-state index in [1.165, 1.54) is 0 Å². The van der Waals surface area contributed by atoms with Gasteiger partial charge in [0.1, 0.15) is 0 Å². The molecule has 4 nitrogen and oxygen atoms in total. The van der Waals surface area contributed by atoms with Crippen molar-refractivity contribution in [2.45, 2.75) is 26.3 Å². The third kappa shape index (κ3) is 4.19. The largest absolute Gasteiger partial charge is 0.313 e. The molecule has 2 rings (SSSR count). The van der Waals surface area contributed by atoms with Crippen molar-refractivity contribution in [3.63, 3.8) is 0 Å². The summed E-state index contributed by atoms with van der Waals surface area (Å²) in [5.41, 5.74) is 0.875. The highest BCUT2D eigenvalue weighted by Gasteiger charge is 2.33. The standard InChI is InChI=1S/C15H23ClN2O2S/c1-12(2)7-10-21(19,20)18-9-8-17-11-15(18)13-5-3-4-6-14(13)16/h3-6,12,15,17H,7-11H2,1-2H3. The molecule has 0 aliphatic carbocycles. The van der Waals surface area contributed by atoms with E-state index in [4.69, 9.17) is 11.6 Å². The summed E-state index contributed by atoms with van der Waals surface area (Å²) in [5.74, 6) is 0.576. The second-order valence-corrected chi connectivity index (χ2v) is 8.30. The monoisotopic (exact) mass is 330 g/mol. The van der Waals surface area contributed by atoms with Gasteiger partial charge < -0.3 is 5.32 Å². The molecule has 0 radical (unpaired) electrons. The minimum atomic E-state index is -3.26. The molecule has 1 aromatic rings. The van der Waals surface area contributed by atoms with E-state index in [2.05, 4.69) is 5.32 Å². The van der Waals surface area contributed by atoms with Crippen molar-refractivity contribution in [1.29, 1.82) is 0 Å². The zero-order valence-electron chi connectivity index (χ0n) is 12.5. The molecule has 1 fully saturated rings. The molecule has 0 saturated carbocycles. The number of piperazine rings is 1. The van der Waals surface area contributed by atoms with Crippen LogP contribution in [-0.2, 0) is 10.0 Å². The quantitative estimate of drug-likeness (QED) is 0.903. The molecule has 21 heavy (non-hydrogen) atoms. The third-order valence-electron chi connectivity index (χ3n) is 3.77. The molecule has 0 aromatic heterocycles. The van der Waals surface area contributed by atoms with Gasteiger partial charge in [-0.2, -0.15) is 4.31 Å². The summed E-state index contributed by atoms with van der Waals surface area (Å²) in [6.45, 7) is 5.86. The number of rotatable bonds is 5. The number of nitrogens with zero attached hydrogens (tertiary/aromatic N) is 1. The molecule has 1 aromatic carbocycles. The Morgan fingerprint density at radius 1 is 1.38 bits per heavy atom. The highest BCUT2D eigenvalue weighted by atomic mass is 35.5. The van der Waals surface area contributed by atoms with Crippen molar-refractivity contribution in [1.82, 2.24) is 9.62 Å². The lowest BCUT2D eigenvalue weighted by Crippen LogP contribution is -2.49. The lowest BCUT2D eigenvalue weighted by Gasteiger charge is -2.36. The van der Waals surface area contributed by atoms with Crippen molar-refractivity contribution >= 4 is 21.6 Å². The van der Waals surface area contributed by atoms with Crippen LogP contribution in [0.25, 0.3) is 0 Å². The van der Waals surface area contributed by atoms with Crippen LogP contribution in [0.5, 0.6) is 0 Å². The van der Waals surface area contributed by atoms with E-state index in [0.29, 0.717) is 37.0 Å². The first-order valence-corrected chi connectivity index (χ1v) is 9.35. The minimum absolute atomic E-state index is 0.200. The molecule has 1 aliphatic rings. The van der Waals surface area contributed by atoms with Crippen LogP contribution in [0, 0.1) is 5.92 Å². The summed E-state index contributed by atoms with van der Waals surface area (Å²) in [7, 11) is -3.26. The molecular formula is C15H23ClN2O2S. The first kappa shape index (κ1) is 16.7. The number of halogens is 1. The average molecular weight is 331 g/mol. The predicted molar refractivity (Wildman–Crippen MR) is 87.0 cm³/mol. The van der Waals surface area contributed by atoms with E-state index >= 15 is 0 Å². The maximum absolute atomic E-state index is 12.6. The number of nitrogens with one attached hydrogen (secondary N) is 1. The normalized spacial score (nSPS) is 20.9. The first-order chi connectivity index (χ1) is 9.92. The fourth-order valence-corrected chi connectivity index (χ4v) is 4.74. The lowest BCUT2D eigenvalue weighted by molar-refractivity contribution is 0.271. The molecule has 1 unspecified atom stereocenters. The van der Waals surface area contributed by atoms with Crippen LogP contribution in [0.4, 0.5) is 0 Å². The Morgan fingerprint density at radius 2 is 2.10 bits per heavy atom. The van der Waals surface area contributed by atoms with Gasteiger partial charge in [0.05, 0.1) is 11.8 Å². The van der Waals surface area contributed by atoms with Gasteiger partial charge in [0, 0.05) is 24.7 Å². The summed E-state index contributed by atoms with van der Waals surface area (Å²) in [6.07, 6.45) is 0.682. The Morgan fingerprint density at radius 3 is 2.76 bits per heavy atom. The molecule has 1 heterocycles. The zero-order valence-corrected chi connectivity index (χ0v) is 14.1. The van der Waals surface area contributed by atoms with E-state index in [1.54, 1.807) is 4.31 Å². The fourth-order valence-electron chi connectivity index (χ4n) is 2.53. The summed E-state index contributed by atoms with van der Waals surface area (Å²) >= 11 is 6.25. The van der Waals surface area contributed by atoms with Crippen LogP contribution in [0.15, 0.2) is 24.3 Å². The van der Waals surface area contributed by atoms with E-state index < -0.39 is 10.0 Å². The Bertz CT molecular complexity index is 575. The van der Waals surface area contributed by atoms with Gasteiger partial charge in [0.25, 0.3) is 0 Å². The molecular weight excluding hydrogens is 308 g/mol. The van der Waals surface area contributed by atoms with Gasteiger partial charge in [-0.3, -0.25) is 0 Å². The molecule has 1 atom stereocenters. The van der Waals surface area contributed by atoms with E-state index in [-0.39, 0.29) is 11.8 Å². The zero-order chi connectivity index (χ0) is 15.5. The molecule has 0 bridgehead atoms. The van der Waals surface area contributed by atoms with Crippen LogP contribution >= 0.6 is 11.6 Å². The van der Waals surface area contributed by atoms with Crippen molar-refractivity contribution < 1.29 is 8.42 Å². The minimum Gasteiger partial charge on any atom is -0.313 e. The molecule has 1 N–H and O–H groups in total.